The Morgan fingerprint density at radius 3 is 2.21 bits per heavy atom. The fourth-order valence-electron chi connectivity index (χ4n) is 2.83. The van der Waals surface area contributed by atoms with Crippen LogP contribution in [-0.4, -0.2) is 36.0 Å². The standard InChI is InChI=1S/C16H24N2O/c1-12-10-17-11-13(2)18(12)15(19)16(3,4)14-8-6-5-7-9-14/h5-9,12-13,17H,10-11H2,1-4H3. The molecule has 1 fully saturated rings. The van der Waals surface area contributed by atoms with Gasteiger partial charge in [-0.15, -0.1) is 0 Å². The van der Waals surface area contributed by atoms with E-state index in [4.69, 9.17) is 0 Å². The van der Waals surface area contributed by atoms with Crippen molar-refractivity contribution in [2.45, 2.75) is 45.2 Å². The van der Waals surface area contributed by atoms with Gasteiger partial charge in [-0.25, -0.2) is 0 Å². The SMILES string of the molecule is CC1CNCC(C)N1C(=O)C(C)(C)c1ccccc1. The van der Waals surface area contributed by atoms with Crippen LogP contribution in [0.15, 0.2) is 30.3 Å². The molecule has 1 saturated heterocycles. The second-order valence-corrected chi connectivity index (χ2v) is 6.06. The van der Waals surface area contributed by atoms with E-state index in [2.05, 4.69) is 19.2 Å². The van der Waals surface area contributed by atoms with Crippen LogP contribution in [-0.2, 0) is 10.2 Å². The van der Waals surface area contributed by atoms with Crippen molar-refractivity contribution in [3.8, 4) is 0 Å². The summed E-state index contributed by atoms with van der Waals surface area (Å²) >= 11 is 0. The third kappa shape index (κ3) is 2.66. The molecule has 0 saturated carbocycles. The molecule has 0 spiro atoms. The van der Waals surface area contributed by atoms with Crippen molar-refractivity contribution in [2.24, 2.45) is 0 Å². The summed E-state index contributed by atoms with van der Waals surface area (Å²) in [5, 5.41) is 3.37. The highest BCUT2D eigenvalue weighted by Crippen LogP contribution is 2.28. The monoisotopic (exact) mass is 260 g/mol. The number of carbonyl (C=O) groups is 1. The summed E-state index contributed by atoms with van der Waals surface area (Å²) in [6.45, 7) is 10.0. The van der Waals surface area contributed by atoms with Crippen molar-refractivity contribution in [3.63, 3.8) is 0 Å². The lowest BCUT2D eigenvalue weighted by Crippen LogP contribution is -2.60. The van der Waals surface area contributed by atoms with Gasteiger partial charge in [0.15, 0.2) is 0 Å². The Bertz CT molecular complexity index is 431. The topological polar surface area (TPSA) is 32.3 Å². The van der Waals surface area contributed by atoms with Gasteiger partial charge in [-0.05, 0) is 33.3 Å². The van der Waals surface area contributed by atoms with Gasteiger partial charge < -0.3 is 10.2 Å². The summed E-state index contributed by atoms with van der Waals surface area (Å²) in [5.41, 5.74) is 0.610. The largest absolute Gasteiger partial charge is 0.334 e. The van der Waals surface area contributed by atoms with Gasteiger partial charge in [0.25, 0.3) is 0 Å². The van der Waals surface area contributed by atoms with E-state index in [0.29, 0.717) is 0 Å². The third-order valence-electron chi connectivity index (χ3n) is 4.09. The van der Waals surface area contributed by atoms with Gasteiger partial charge in [-0.2, -0.15) is 0 Å². The van der Waals surface area contributed by atoms with Gasteiger partial charge in [0, 0.05) is 25.2 Å². The summed E-state index contributed by atoms with van der Waals surface area (Å²) in [4.78, 5) is 15.0. The van der Waals surface area contributed by atoms with Crippen molar-refractivity contribution < 1.29 is 4.79 Å². The minimum Gasteiger partial charge on any atom is -0.334 e. The van der Waals surface area contributed by atoms with Gasteiger partial charge in [0.2, 0.25) is 5.91 Å². The molecule has 1 aliphatic rings. The molecule has 19 heavy (non-hydrogen) atoms. The van der Waals surface area contributed by atoms with Crippen LogP contribution in [0.1, 0.15) is 33.3 Å². The quantitative estimate of drug-likeness (QED) is 0.884. The number of piperazine rings is 1. The molecule has 0 aliphatic carbocycles. The average molecular weight is 260 g/mol. The van der Waals surface area contributed by atoms with Crippen LogP contribution in [0.3, 0.4) is 0 Å². The molecule has 1 heterocycles. The van der Waals surface area contributed by atoms with Crippen LogP contribution in [0.2, 0.25) is 0 Å². The highest BCUT2D eigenvalue weighted by atomic mass is 16.2. The van der Waals surface area contributed by atoms with Crippen molar-refractivity contribution in [1.29, 1.82) is 0 Å². The molecule has 1 aromatic carbocycles. The molecule has 1 aliphatic heterocycles. The molecule has 0 aromatic heterocycles. The number of hydrogen-bond donors (Lipinski definition) is 1. The average Bonchev–Trinajstić information content (AvgIpc) is 2.39. The molecule has 3 heteroatoms. The van der Waals surface area contributed by atoms with E-state index in [0.717, 1.165) is 18.7 Å². The molecule has 0 bridgehead atoms. The smallest absolute Gasteiger partial charge is 0.233 e. The zero-order valence-corrected chi connectivity index (χ0v) is 12.3. The maximum atomic E-state index is 12.9. The molecule has 2 rings (SSSR count). The first-order chi connectivity index (χ1) is 8.94. The van der Waals surface area contributed by atoms with Gasteiger partial charge in [0.05, 0.1) is 5.41 Å². The Morgan fingerprint density at radius 1 is 1.16 bits per heavy atom. The lowest BCUT2D eigenvalue weighted by molar-refractivity contribution is -0.141. The van der Waals surface area contributed by atoms with Crippen LogP contribution in [0, 0.1) is 0 Å². The van der Waals surface area contributed by atoms with E-state index in [1.807, 2.05) is 49.1 Å². The highest BCUT2D eigenvalue weighted by Gasteiger charge is 2.38. The van der Waals surface area contributed by atoms with Crippen molar-refractivity contribution in [3.05, 3.63) is 35.9 Å². The van der Waals surface area contributed by atoms with E-state index in [1.54, 1.807) is 0 Å². The molecular weight excluding hydrogens is 236 g/mol. The molecule has 2 unspecified atom stereocenters. The molecular formula is C16H24N2O. The lowest BCUT2D eigenvalue weighted by atomic mass is 9.82. The Balaban J connectivity index is 2.27. The number of amides is 1. The predicted molar refractivity (Wildman–Crippen MR) is 78.1 cm³/mol. The van der Waals surface area contributed by atoms with Gasteiger partial charge in [0.1, 0.15) is 0 Å². The van der Waals surface area contributed by atoms with E-state index in [9.17, 15) is 4.79 Å². The Morgan fingerprint density at radius 2 is 1.68 bits per heavy atom. The number of nitrogens with one attached hydrogen (secondary N) is 1. The normalized spacial score (nSPS) is 24.3. The van der Waals surface area contributed by atoms with E-state index < -0.39 is 5.41 Å². The first-order valence-electron chi connectivity index (χ1n) is 7.03. The maximum absolute atomic E-state index is 12.9. The van der Waals surface area contributed by atoms with Crippen LogP contribution in [0.5, 0.6) is 0 Å². The maximum Gasteiger partial charge on any atom is 0.233 e. The van der Waals surface area contributed by atoms with E-state index >= 15 is 0 Å². The molecule has 3 nitrogen and oxygen atoms in total. The Labute approximate surface area is 116 Å². The predicted octanol–water partition coefficient (Wildman–Crippen LogP) is 2.17. The van der Waals surface area contributed by atoms with E-state index in [-0.39, 0.29) is 18.0 Å². The van der Waals surface area contributed by atoms with Gasteiger partial charge in [-0.3, -0.25) is 4.79 Å². The molecule has 1 amide bonds. The van der Waals surface area contributed by atoms with Crippen molar-refractivity contribution in [2.75, 3.05) is 13.1 Å². The number of benzene rings is 1. The molecule has 2 atom stereocenters. The minimum atomic E-state index is -0.471. The number of nitrogens with zero attached hydrogens (tertiary/aromatic N) is 1. The summed E-state index contributed by atoms with van der Waals surface area (Å²) < 4.78 is 0. The summed E-state index contributed by atoms with van der Waals surface area (Å²) in [6, 6.07) is 10.5. The number of carbonyl (C=O) groups excluding carboxylic acids is 1. The molecule has 1 N–H and O–H groups in total. The summed E-state index contributed by atoms with van der Waals surface area (Å²) in [7, 11) is 0. The van der Waals surface area contributed by atoms with E-state index in [1.165, 1.54) is 0 Å². The zero-order valence-electron chi connectivity index (χ0n) is 12.3. The van der Waals surface area contributed by atoms with Gasteiger partial charge >= 0.3 is 0 Å². The number of hydrogen-bond acceptors (Lipinski definition) is 2. The zero-order chi connectivity index (χ0) is 14.0. The minimum absolute atomic E-state index is 0.222. The van der Waals surface area contributed by atoms with Crippen LogP contribution < -0.4 is 5.32 Å². The fraction of sp³-hybridized carbons (Fsp3) is 0.562. The number of rotatable bonds is 2. The first-order valence-corrected chi connectivity index (χ1v) is 7.03. The van der Waals surface area contributed by atoms with Crippen LogP contribution in [0.25, 0.3) is 0 Å². The highest BCUT2D eigenvalue weighted by molar-refractivity contribution is 5.88. The fourth-order valence-corrected chi connectivity index (χ4v) is 2.83. The van der Waals surface area contributed by atoms with Crippen LogP contribution >= 0.6 is 0 Å². The van der Waals surface area contributed by atoms with Gasteiger partial charge in [-0.1, -0.05) is 30.3 Å². The second-order valence-electron chi connectivity index (χ2n) is 6.06. The van der Waals surface area contributed by atoms with Crippen molar-refractivity contribution in [1.82, 2.24) is 10.2 Å². The molecule has 0 radical (unpaired) electrons. The van der Waals surface area contributed by atoms with Crippen molar-refractivity contribution >= 4 is 5.91 Å². The summed E-state index contributed by atoms with van der Waals surface area (Å²) in [5.74, 6) is 0.222. The summed E-state index contributed by atoms with van der Waals surface area (Å²) in [6.07, 6.45) is 0. The second kappa shape index (κ2) is 5.33. The third-order valence-corrected chi connectivity index (χ3v) is 4.09. The lowest BCUT2D eigenvalue weighted by Gasteiger charge is -2.43. The first kappa shape index (κ1) is 14.1. The molecule has 1 aromatic rings. The Kier molecular flexibility index (Phi) is 3.95. The van der Waals surface area contributed by atoms with Crippen LogP contribution in [0.4, 0.5) is 0 Å². The molecule has 104 valence electrons. The Hall–Kier alpha value is -1.35.